The number of nitrogens with zero attached hydrogens (tertiary/aromatic N) is 1. The van der Waals surface area contributed by atoms with Crippen LogP contribution in [0.3, 0.4) is 0 Å². The van der Waals surface area contributed by atoms with Crippen LogP contribution in [0.2, 0.25) is 0 Å². The van der Waals surface area contributed by atoms with Crippen molar-refractivity contribution in [3.63, 3.8) is 0 Å². The van der Waals surface area contributed by atoms with Crippen LogP contribution in [0.4, 0.5) is 10.1 Å². The van der Waals surface area contributed by atoms with Gasteiger partial charge in [-0.1, -0.05) is 30.3 Å². The Hall–Kier alpha value is -2.34. The van der Waals surface area contributed by atoms with Crippen molar-refractivity contribution >= 4 is 29.3 Å². The van der Waals surface area contributed by atoms with Gasteiger partial charge in [0.25, 0.3) is 0 Å². The number of thioether (sulfide) groups is 1. The molecule has 0 unspecified atom stereocenters. The van der Waals surface area contributed by atoms with Crippen LogP contribution in [-0.2, 0) is 16.1 Å². The molecule has 0 saturated carbocycles. The highest BCUT2D eigenvalue weighted by Crippen LogP contribution is 2.36. The third kappa shape index (κ3) is 3.59. The molecule has 1 N–H and O–H groups in total. The summed E-state index contributed by atoms with van der Waals surface area (Å²) < 4.78 is 13.7. The maximum atomic E-state index is 13.7. The highest BCUT2D eigenvalue weighted by atomic mass is 32.2. The van der Waals surface area contributed by atoms with Gasteiger partial charge < -0.3 is 10.2 Å². The van der Waals surface area contributed by atoms with Crippen molar-refractivity contribution in [2.45, 2.75) is 23.1 Å². The standard InChI is InChI=1S/C18H17FN2O2S/c1-21(11-12-6-2-3-7-13(12)19)17(22)10-16-18(23)20-14-8-4-5-9-15(14)24-16/h2-9,16H,10-11H2,1H3,(H,20,23)/t16-/m0/s1. The van der Waals surface area contributed by atoms with Gasteiger partial charge in [-0.3, -0.25) is 9.59 Å². The van der Waals surface area contributed by atoms with Crippen LogP contribution in [0, 0.1) is 5.82 Å². The van der Waals surface area contributed by atoms with Crippen molar-refractivity contribution in [1.29, 1.82) is 0 Å². The molecule has 1 aliphatic heterocycles. The Morgan fingerprint density at radius 2 is 1.92 bits per heavy atom. The predicted molar refractivity (Wildman–Crippen MR) is 92.2 cm³/mol. The number of rotatable bonds is 4. The molecule has 2 aromatic rings. The fourth-order valence-electron chi connectivity index (χ4n) is 2.51. The number of carbonyl (C=O) groups is 2. The van der Waals surface area contributed by atoms with E-state index < -0.39 is 5.25 Å². The first-order valence-electron chi connectivity index (χ1n) is 7.58. The number of benzene rings is 2. The quantitative estimate of drug-likeness (QED) is 0.926. The van der Waals surface area contributed by atoms with E-state index in [1.165, 1.54) is 22.7 Å². The number of fused-ring (bicyclic) bond motifs is 1. The summed E-state index contributed by atoms with van der Waals surface area (Å²) in [5.41, 5.74) is 1.23. The maximum absolute atomic E-state index is 13.7. The van der Waals surface area contributed by atoms with Gasteiger partial charge >= 0.3 is 0 Å². The number of para-hydroxylation sites is 1. The molecule has 0 fully saturated rings. The molecule has 1 aliphatic rings. The number of hydrogen-bond donors (Lipinski definition) is 1. The van der Waals surface area contributed by atoms with E-state index in [0.717, 1.165) is 10.6 Å². The SMILES string of the molecule is CN(Cc1ccccc1F)C(=O)C[C@@H]1Sc2ccccc2NC1=O. The zero-order valence-corrected chi connectivity index (χ0v) is 14.0. The van der Waals surface area contributed by atoms with Crippen molar-refractivity contribution in [3.05, 3.63) is 59.9 Å². The lowest BCUT2D eigenvalue weighted by Crippen LogP contribution is -2.35. The van der Waals surface area contributed by atoms with Gasteiger partial charge in [-0.15, -0.1) is 11.8 Å². The number of halogens is 1. The summed E-state index contributed by atoms with van der Waals surface area (Å²) in [4.78, 5) is 27.0. The summed E-state index contributed by atoms with van der Waals surface area (Å²) >= 11 is 1.39. The molecule has 0 aromatic heterocycles. The average molecular weight is 344 g/mol. The third-order valence-electron chi connectivity index (χ3n) is 3.86. The molecule has 0 saturated heterocycles. The van der Waals surface area contributed by atoms with Crippen LogP contribution in [0.5, 0.6) is 0 Å². The molecule has 1 atom stereocenters. The van der Waals surface area contributed by atoms with E-state index in [-0.39, 0.29) is 30.6 Å². The molecule has 0 radical (unpaired) electrons. The van der Waals surface area contributed by atoms with Crippen molar-refractivity contribution in [1.82, 2.24) is 4.90 Å². The molecule has 3 rings (SSSR count). The summed E-state index contributed by atoms with van der Waals surface area (Å²) in [6, 6.07) is 13.9. The van der Waals surface area contributed by atoms with E-state index in [2.05, 4.69) is 5.32 Å². The van der Waals surface area contributed by atoms with Crippen molar-refractivity contribution in [2.24, 2.45) is 0 Å². The fourth-order valence-corrected chi connectivity index (χ4v) is 3.61. The second kappa shape index (κ2) is 7.05. The first kappa shape index (κ1) is 16.5. The van der Waals surface area contributed by atoms with E-state index in [9.17, 15) is 14.0 Å². The molecular weight excluding hydrogens is 327 g/mol. The monoisotopic (exact) mass is 344 g/mol. The first-order valence-corrected chi connectivity index (χ1v) is 8.46. The molecule has 0 spiro atoms. The highest BCUT2D eigenvalue weighted by molar-refractivity contribution is 8.01. The van der Waals surface area contributed by atoms with Crippen molar-refractivity contribution in [3.8, 4) is 0 Å². The molecule has 6 heteroatoms. The first-order chi connectivity index (χ1) is 11.5. The van der Waals surface area contributed by atoms with Crippen LogP contribution in [0.15, 0.2) is 53.4 Å². The van der Waals surface area contributed by atoms with E-state index >= 15 is 0 Å². The molecule has 1 heterocycles. The lowest BCUT2D eigenvalue weighted by molar-refractivity contribution is -0.131. The van der Waals surface area contributed by atoms with Gasteiger partial charge in [0.05, 0.1) is 10.9 Å². The van der Waals surface area contributed by atoms with E-state index in [1.807, 2.05) is 24.3 Å². The average Bonchev–Trinajstić information content (AvgIpc) is 2.57. The molecule has 0 aliphatic carbocycles. The van der Waals surface area contributed by atoms with Crippen molar-refractivity contribution in [2.75, 3.05) is 12.4 Å². The summed E-state index contributed by atoms with van der Waals surface area (Å²) in [7, 11) is 1.62. The Bertz CT molecular complexity index is 781. The van der Waals surface area contributed by atoms with Crippen molar-refractivity contribution < 1.29 is 14.0 Å². The van der Waals surface area contributed by atoms with Crippen LogP contribution < -0.4 is 5.32 Å². The Labute approximate surface area is 144 Å². The highest BCUT2D eigenvalue weighted by Gasteiger charge is 2.29. The van der Waals surface area contributed by atoms with Crippen LogP contribution in [0.1, 0.15) is 12.0 Å². The van der Waals surface area contributed by atoms with E-state index in [0.29, 0.717) is 5.56 Å². The minimum Gasteiger partial charge on any atom is -0.341 e. The zero-order chi connectivity index (χ0) is 17.1. The maximum Gasteiger partial charge on any atom is 0.238 e. The number of nitrogens with one attached hydrogen (secondary N) is 1. The number of anilines is 1. The summed E-state index contributed by atoms with van der Waals surface area (Å²) in [6.07, 6.45) is 0.0792. The minimum absolute atomic E-state index is 0.0792. The topological polar surface area (TPSA) is 49.4 Å². The van der Waals surface area contributed by atoms with E-state index in [4.69, 9.17) is 0 Å². The Balaban J connectivity index is 1.64. The third-order valence-corrected chi connectivity index (χ3v) is 5.13. The number of amides is 2. The summed E-state index contributed by atoms with van der Waals surface area (Å²) in [5.74, 6) is -0.701. The van der Waals surface area contributed by atoms with Crippen LogP contribution >= 0.6 is 11.8 Å². The van der Waals surface area contributed by atoms with Gasteiger partial charge in [0, 0.05) is 30.5 Å². The molecule has 2 aromatic carbocycles. The van der Waals surface area contributed by atoms with Gasteiger partial charge in [-0.05, 0) is 18.2 Å². The summed E-state index contributed by atoms with van der Waals surface area (Å²) in [5, 5.41) is 2.35. The molecule has 2 amide bonds. The molecule has 124 valence electrons. The normalized spacial score (nSPS) is 16.2. The fraction of sp³-hybridized carbons (Fsp3) is 0.222. The van der Waals surface area contributed by atoms with Gasteiger partial charge in [0.15, 0.2) is 0 Å². The summed E-state index contributed by atoms with van der Waals surface area (Å²) in [6.45, 7) is 0.182. The Morgan fingerprint density at radius 1 is 1.21 bits per heavy atom. The van der Waals surface area contributed by atoms with Gasteiger partial charge in [0.1, 0.15) is 5.82 Å². The second-order valence-electron chi connectivity index (χ2n) is 5.64. The minimum atomic E-state index is -0.476. The lowest BCUT2D eigenvalue weighted by atomic mass is 10.2. The lowest BCUT2D eigenvalue weighted by Gasteiger charge is -2.25. The molecule has 24 heavy (non-hydrogen) atoms. The predicted octanol–water partition coefficient (Wildman–Crippen LogP) is 3.29. The number of hydrogen-bond acceptors (Lipinski definition) is 3. The second-order valence-corrected chi connectivity index (χ2v) is 6.88. The van der Waals surface area contributed by atoms with Crippen LogP contribution in [-0.4, -0.2) is 29.0 Å². The largest absolute Gasteiger partial charge is 0.341 e. The zero-order valence-electron chi connectivity index (χ0n) is 13.2. The van der Waals surface area contributed by atoms with Gasteiger partial charge in [-0.2, -0.15) is 0 Å². The molecular formula is C18H17FN2O2S. The smallest absolute Gasteiger partial charge is 0.238 e. The number of carbonyl (C=O) groups excluding carboxylic acids is 2. The Morgan fingerprint density at radius 3 is 2.71 bits per heavy atom. The van der Waals surface area contributed by atoms with Gasteiger partial charge in [0.2, 0.25) is 11.8 Å². The Kier molecular flexibility index (Phi) is 4.85. The van der Waals surface area contributed by atoms with Crippen LogP contribution in [0.25, 0.3) is 0 Å². The molecule has 4 nitrogen and oxygen atoms in total. The van der Waals surface area contributed by atoms with E-state index in [1.54, 1.807) is 25.2 Å². The van der Waals surface area contributed by atoms with Gasteiger partial charge in [-0.25, -0.2) is 4.39 Å². The molecule has 0 bridgehead atoms.